The van der Waals surface area contributed by atoms with E-state index in [9.17, 15) is 0 Å². The summed E-state index contributed by atoms with van der Waals surface area (Å²) in [6.45, 7) is 5.45. The molecule has 10 nitrogen and oxygen atoms in total. The van der Waals surface area contributed by atoms with Gasteiger partial charge in [-0.05, 0) is 114 Å². The van der Waals surface area contributed by atoms with E-state index in [1.807, 2.05) is 0 Å². The van der Waals surface area contributed by atoms with Gasteiger partial charge in [0, 0.05) is 73.6 Å². The number of fused-ring (bicyclic) bond motifs is 2. The largest absolute Gasteiger partial charge is 0.481 e. The van der Waals surface area contributed by atoms with Crippen molar-refractivity contribution >= 4 is 105 Å². The number of hydrogen-bond donors (Lipinski definition) is 3. The molecule has 3 N–H and O–H groups in total. The van der Waals surface area contributed by atoms with Crippen molar-refractivity contribution < 1.29 is 9.90 Å². The Hall–Kier alpha value is -1.49. The van der Waals surface area contributed by atoms with E-state index in [0.29, 0.717) is 12.1 Å². The molecular formula is C34H51Br3N8O2S2. The summed E-state index contributed by atoms with van der Waals surface area (Å²) in [4.78, 5) is 36.4. The molecule has 0 spiro atoms. The predicted molar refractivity (Wildman–Crippen MR) is 219 cm³/mol. The first-order valence-electron chi connectivity index (χ1n) is 16.9. The fourth-order valence-corrected chi connectivity index (χ4v) is 9.27. The summed E-state index contributed by atoms with van der Waals surface area (Å²) in [6.07, 6.45) is 15.3. The zero-order valence-corrected chi connectivity index (χ0v) is 36.0. The number of aliphatic carboxylic acids is 1. The van der Waals surface area contributed by atoms with E-state index in [-0.39, 0.29) is 0 Å². The first-order chi connectivity index (χ1) is 23.5. The third-order valence-corrected chi connectivity index (χ3v) is 12.6. The van der Waals surface area contributed by atoms with E-state index < -0.39 is 5.97 Å². The van der Waals surface area contributed by atoms with Crippen LogP contribution in [0.1, 0.15) is 81.9 Å². The molecule has 0 bridgehead atoms. The minimum atomic E-state index is -0.833. The number of hydrogen-bond acceptors (Lipinski definition) is 11. The van der Waals surface area contributed by atoms with Gasteiger partial charge in [0.05, 0.1) is 10.8 Å². The van der Waals surface area contributed by atoms with Crippen LogP contribution < -0.4 is 10.6 Å². The average molecular weight is 908 g/mol. The van der Waals surface area contributed by atoms with Crippen LogP contribution >= 0.6 is 66.9 Å². The number of aryl methyl sites for hydroxylation is 2. The number of carbonyl (C=O) groups is 1. The predicted octanol–water partition coefficient (Wildman–Crippen LogP) is 9.62. The van der Waals surface area contributed by atoms with E-state index in [1.165, 1.54) is 71.0 Å². The second kappa shape index (κ2) is 21.1. The third-order valence-electron chi connectivity index (χ3n) is 9.08. The first-order valence-corrected chi connectivity index (χ1v) is 23.0. The maximum absolute atomic E-state index is 9.00. The molecule has 4 heterocycles. The summed E-state index contributed by atoms with van der Waals surface area (Å²) in [5.41, 5.74) is 0. The van der Waals surface area contributed by atoms with Crippen molar-refractivity contribution in [2.45, 2.75) is 109 Å². The van der Waals surface area contributed by atoms with E-state index >= 15 is 0 Å². The number of anilines is 2. The highest BCUT2D eigenvalue weighted by molar-refractivity contribution is 9.93. The normalized spacial score (nSPS) is 20.5. The fraction of sp³-hybridized carbons (Fsp3) is 0.618. The van der Waals surface area contributed by atoms with Gasteiger partial charge >= 0.3 is 0 Å². The van der Waals surface area contributed by atoms with Crippen LogP contribution in [-0.2, 0) is 17.6 Å². The molecule has 0 unspecified atom stereocenters. The van der Waals surface area contributed by atoms with Gasteiger partial charge in [-0.2, -0.15) is 0 Å². The molecule has 4 aromatic rings. The number of nitrogens with zero attached hydrogens (tertiary/aromatic N) is 6. The molecule has 0 saturated heterocycles. The molecule has 49 heavy (non-hydrogen) atoms. The van der Waals surface area contributed by atoms with Crippen LogP contribution in [0.3, 0.4) is 0 Å². The standard InChI is InChI=1S/C16H23BrN4S.C16H24N4S.C2H4O2.Br2/c1-4-12-14(17)13-15(18-9-19-16(13)22-12)20-10-5-7-11(8-6-10)21(2)3;1-4-13-9-14-15(17-10-18-16(14)21-13)19-11-5-7-12(8-6-11)20(2)3;1-2(3)4;1-2/h9-11H,4-8H2,1-3H3,(H,18,19,20);9-12H,4-8H2,1-3H3,(H,17,18,19);1H3,(H,3,4);. The lowest BCUT2D eigenvalue weighted by atomic mass is 9.90. The van der Waals surface area contributed by atoms with E-state index in [1.54, 1.807) is 35.3 Å². The van der Waals surface area contributed by atoms with Gasteiger partial charge < -0.3 is 25.5 Å². The second-order valence-corrected chi connectivity index (χ2v) is 15.8. The number of rotatable bonds is 8. The molecule has 272 valence electrons. The molecule has 0 atom stereocenters. The molecule has 0 aliphatic heterocycles. The van der Waals surface area contributed by atoms with Gasteiger partial charge in [-0.15, -0.1) is 22.7 Å². The maximum atomic E-state index is 9.00. The van der Waals surface area contributed by atoms with Crippen molar-refractivity contribution in [3.63, 3.8) is 0 Å². The van der Waals surface area contributed by atoms with E-state index in [0.717, 1.165) is 58.5 Å². The fourth-order valence-electron chi connectivity index (χ4n) is 6.34. The van der Waals surface area contributed by atoms with Crippen LogP contribution in [0.5, 0.6) is 0 Å². The average Bonchev–Trinajstić information content (AvgIpc) is 3.68. The highest BCUT2D eigenvalue weighted by Gasteiger charge is 2.25. The summed E-state index contributed by atoms with van der Waals surface area (Å²) >= 11 is 12.8. The van der Waals surface area contributed by atoms with Gasteiger partial charge in [-0.1, -0.05) is 13.8 Å². The first kappa shape index (κ1) is 41.9. The molecule has 2 aliphatic rings. The van der Waals surface area contributed by atoms with Crippen LogP contribution in [-0.4, -0.2) is 93.2 Å². The number of halogens is 3. The van der Waals surface area contributed by atoms with Crippen LogP contribution in [0.2, 0.25) is 0 Å². The SMILES string of the molecule is BrBr.CC(=O)O.CCc1cc2c(NC3CCC(N(C)C)CC3)ncnc2s1.CCc1sc2ncnc(NC3CCC(N(C)C)CC3)c2c1Br. The number of nitrogens with one attached hydrogen (secondary N) is 2. The van der Waals surface area contributed by atoms with Gasteiger partial charge in [0.15, 0.2) is 0 Å². The Balaban J connectivity index is 0.000000229. The third kappa shape index (κ3) is 12.3. The molecule has 2 saturated carbocycles. The molecule has 2 fully saturated rings. The summed E-state index contributed by atoms with van der Waals surface area (Å²) in [5.74, 6) is 1.17. The van der Waals surface area contributed by atoms with Crippen LogP contribution in [0, 0.1) is 0 Å². The summed E-state index contributed by atoms with van der Waals surface area (Å²) < 4.78 is 1.17. The van der Waals surface area contributed by atoms with Crippen LogP contribution in [0.15, 0.2) is 23.2 Å². The van der Waals surface area contributed by atoms with Crippen molar-refractivity contribution in [1.82, 2.24) is 29.7 Å². The minimum Gasteiger partial charge on any atom is -0.481 e. The van der Waals surface area contributed by atoms with Gasteiger partial charge in [-0.25, -0.2) is 19.9 Å². The topological polar surface area (TPSA) is 119 Å². The van der Waals surface area contributed by atoms with Crippen molar-refractivity contribution in [3.05, 3.63) is 32.9 Å². The zero-order chi connectivity index (χ0) is 36.1. The Labute approximate surface area is 323 Å². The smallest absolute Gasteiger partial charge is 0.300 e. The Bertz CT molecular complexity index is 1580. The van der Waals surface area contributed by atoms with Crippen molar-refractivity contribution in [1.29, 1.82) is 0 Å². The number of carboxylic acids is 1. The summed E-state index contributed by atoms with van der Waals surface area (Å²) in [6, 6.07) is 4.77. The van der Waals surface area contributed by atoms with Crippen LogP contribution in [0.25, 0.3) is 20.4 Å². The molecule has 15 heteroatoms. The monoisotopic (exact) mass is 904 g/mol. The molecule has 0 aromatic carbocycles. The van der Waals surface area contributed by atoms with Gasteiger partial charge in [-0.3, -0.25) is 4.79 Å². The van der Waals surface area contributed by atoms with Gasteiger partial charge in [0.1, 0.15) is 34.0 Å². The molecule has 2 aliphatic carbocycles. The number of carboxylic acid groups (broad SMARTS) is 1. The molecule has 0 radical (unpaired) electrons. The quantitative estimate of drug-likeness (QED) is 0.158. The highest BCUT2D eigenvalue weighted by atomic mass is 80.9. The molecule has 6 rings (SSSR count). The van der Waals surface area contributed by atoms with Crippen molar-refractivity contribution in [2.24, 2.45) is 0 Å². The Morgan fingerprint density at radius 2 is 1.27 bits per heavy atom. The summed E-state index contributed by atoms with van der Waals surface area (Å²) in [5, 5.41) is 17.1. The van der Waals surface area contributed by atoms with Crippen LogP contribution in [0.4, 0.5) is 11.6 Å². The Morgan fingerprint density at radius 3 is 1.73 bits per heavy atom. The summed E-state index contributed by atoms with van der Waals surface area (Å²) in [7, 11) is 8.73. The minimum absolute atomic E-state index is 0.520. The number of thiophene rings is 2. The Morgan fingerprint density at radius 1 is 0.796 bits per heavy atom. The van der Waals surface area contributed by atoms with Gasteiger partial charge in [0.2, 0.25) is 0 Å². The van der Waals surface area contributed by atoms with Crippen molar-refractivity contribution in [3.8, 4) is 0 Å². The zero-order valence-electron chi connectivity index (χ0n) is 29.6. The lowest BCUT2D eigenvalue weighted by Crippen LogP contribution is -2.36. The molecular weight excluding hydrogens is 856 g/mol. The molecule has 4 aromatic heterocycles. The number of aromatic nitrogens is 4. The van der Waals surface area contributed by atoms with Crippen molar-refractivity contribution in [2.75, 3.05) is 38.8 Å². The highest BCUT2D eigenvalue weighted by Crippen LogP contribution is 2.39. The van der Waals surface area contributed by atoms with Gasteiger partial charge in [0.25, 0.3) is 5.97 Å². The lowest BCUT2D eigenvalue weighted by molar-refractivity contribution is -0.134. The maximum Gasteiger partial charge on any atom is 0.300 e. The molecule has 0 amide bonds. The van der Waals surface area contributed by atoms with E-state index in [2.05, 4.69) is 133 Å². The van der Waals surface area contributed by atoms with E-state index in [4.69, 9.17) is 9.90 Å². The second-order valence-electron chi connectivity index (χ2n) is 12.8. The lowest BCUT2D eigenvalue weighted by Gasteiger charge is -2.33. The Kier molecular flexibility index (Phi) is 18.1.